The van der Waals surface area contributed by atoms with E-state index in [4.69, 9.17) is 0 Å². The van der Waals surface area contributed by atoms with E-state index in [-0.39, 0.29) is 23.1 Å². The summed E-state index contributed by atoms with van der Waals surface area (Å²) >= 11 is 1.52. The number of carbonyl (C=O) groups excluding carboxylic acids is 2. The van der Waals surface area contributed by atoms with Crippen molar-refractivity contribution in [2.75, 3.05) is 5.32 Å². The second-order valence-electron chi connectivity index (χ2n) is 5.83. The van der Waals surface area contributed by atoms with Crippen molar-refractivity contribution >= 4 is 29.3 Å². The maximum atomic E-state index is 12.3. The predicted octanol–water partition coefficient (Wildman–Crippen LogP) is 3.82. The van der Waals surface area contributed by atoms with E-state index < -0.39 is 0 Å². The minimum absolute atomic E-state index is 0.0111. The van der Waals surface area contributed by atoms with Crippen LogP contribution in [0.4, 0.5) is 5.69 Å². The van der Waals surface area contributed by atoms with Gasteiger partial charge in [-0.3, -0.25) is 9.59 Å². The Morgan fingerprint density at radius 2 is 2.18 bits per heavy atom. The van der Waals surface area contributed by atoms with Crippen LogP contribution in [0.2, 0.25) is 0 Å². The fourth-order valence-electron chi connectivity index (χ4n) is 2.43. The maximum Gasteiger partial charge on any atom is 0.251 e. The summed E-state index contributed by atoms with van der Waals surface area (Å²) in [7, 11) is 0. The van der Waals surface area contributed by atoms with Gasteiger partial charge in [0, 0.05) is 16.5 Å². The molecule has 0 aliphatic carbocycles. The van der Waals surface area contributed by atoms with E-state index in [1.165, 1.54) is 24.6 Å². The van der Waals surface area contributed by atoms with E-state index in [1.807, 2.05) is 26.0 Å². The van der Waals surface area contributed by atoms with Gasteiger partial charge < -0.3 is 10.6 Å². The molecule has 1 aliphatic rings. The molecular weight excluding hydrogens is 296 g/mol. The molecule has 1 aliphatic heterocycles. The van der Waals surface area contributed by atoms with Gasteiger partial charge in [-0.15, -0.1) is 11.8 Å². The summed E-state index contributed by atoms with van der Waals surface area (Å²) in [5, 5.41) is 5.79. The predicted molar refractivity (Wildman–Crippen MR) is 91.5 cm³/mol. The first-order chi connectivity index (χ1) is 10.5. The highest BCUT2D eigenvalue weighted by Crippen LogP contribution is 2.35. The molecule has 120 valence electrons. The zero-order valence-electron chi connectivity index (χ0n) is 13.4. The molecule has 0 radical (unpaired) electrons. The third-order valence-electron chi connectivity index (χ3n) is 3.79. The van der Waals surface area contributed by atoms with Crippen LogP contribution in [0.3, 0.4) is 0 Å². The van der Waals surface area contributed by atoms with Crippen LogP contribution < -0.4 is 10.6 Å². The Morgan fingerprint density at radius 1 is 1.41 bits per heavy atom. The second kappa shape index (κ2) is 7.68. The van der Waals surface area contributed by atoms with Gasteiger partial charge >= 0.3 is 0 Å². The summed E-state index contributed by atoms with van der Waals surface area (Å²) < 4.78 is 0. The van der Waals surface area contributed by atoms with Crippen molar-refractivity contribution in [1.29, 1.82) is 0 Å². The highest BCUT2D eigenvalue weighted by atomic mass is 32.2. The molecular formula is C17H24N2O2S. The van der Waals surface area contributed by atoms with E-state index in [2.05, 4.69) is 17.6 Å². The summed E-state index contributed by atoms with van der Waals surface area (Å²) in [6.07, 6.45) is 4.50. The zero-order valence-corrected chi connectivity index (χ0v) is 14.3. The fourth-order valence-corrected chi connectivity index (χ4v) is 3.36. The van der Waals surface area contributed by atoms with Crippen LogP contribution in [-0.4, -0.2) is 23.1 Å². The second-order valence-corrected chi connectivity index (χ2v) is 7.21. The smallest absolute Gasteiger partial charge is 0.251 e. The molecule has 0 aromatic heterocycles. The van der Waals surface area contributed by atoms with Gasteiger partial charge in [-0.2, -0.15) is 0 Å². The van der Waals surface area contributed by atoms with Crippen LogP contribution >= 0.6 is 11.8 Å². The molecule has 0 saturated heterocycles. The number of amides is 2. The molecule has 2 atom stereocenters. The van der Waals surface area contributed by atoms with Crippen molar-refractivity contribution in [1.82, 2.24) is 5.32 Å². The van der Waals surface area contributed by atoms with Gasteiger partial charge in [0.05, 0.1) is 10.9 Å². The number of carbonyl (C=O) groups is 2. The molecule has 1 aromatic carbocycles. The monoisotopic (exact) mass is 320 g/mol. The Hall–Kier alpha value is -1.49. The summed E-state index contributed by atoms with van der Waals surface area (Å²) in [5.41, 5.74) is 1.33. The lowest BCUT2D eigenvalue weighted by atomic mass is 10.1. The first-order valence-electron chi connectivity index (χ1n) is 7.93. The number of thioether (sulfide) groups is 1. The Balaban J connectivity index is 1.99. The standard InChI is InChI=1S/C17H24N2O2S/c1-4-5-6-7-11(2)18-17(21)13-8-9-15-14(10-13)19-16(20)12(3)22-15/h8-12H,4-7H2,1-3H3,(H,18,21)(H,19,20)/t11-,12+/m0/s1. The van der Waals surface area contributed by atoms with Crippen LogP contribution in [0, 0.1) is 0 Å². The molecule has 0 unspecified atom stereocenters. The summed E-state index contributed by atoms with van der Waals surface area (Å²) in [6.45, 7) is 6.08. The average Bonchev–Trinajstić information content (AvgIpc) is 2.48. The number of nitrogens with one attached hydrogen (secondary N) is 2. The normalized spacial score (nSPS) is 18.3. The molecule has 4 nitrogen and oxygen atoms in total. The highest BCUT2D eigenvalue weighted by molar-refractivity contribution is 8.00. The molecule has 1 aromatic rings. The molecule has 2 N–H and O–H groups in total. The number of benzene rings is 1. The Morgan fingerprint density at radius 3 is 2.91 bits per heavy atom. The van der Waals surface area contributed by atoms with Crippen molar-refractivity contribution in [3.63, 3.8) is 0 Å². The summed E-state index contributed by atoms with van der Waals surface area (Å²) in [6, 6.07) is 5.66. The third kappa shape index (κ3) is 4.26. The number of hydrogen-bond acceptors (Lipinski definition) is 3. The topological polar surface area (TPSA) is 58.2 Å². The Kier molecular flexibility index (Phi) is 5.89. The molecule has 2 amide bonds. The van der Waals surface area contributed by atoms with Gasteiger partial charge in [-0.05, 0) is 38.5 Å². The number of fused-ring (bicyclic) bond motifs is 1. The molecule has 1 heterocycles. The van der Waals surface area contributed by atoms with E-state index in [9.17, 15) is 9.59 Å². The van der Waals surface area contributed by atoms with Gasteiger partial charge in [0.2, 0.25) is 5.91 Å². The molecule has 0 spiro atoms. The van der Waals surface area contributed by atoms with E-state index in [0.717, 1.165) is 23.4 Å². The number of unbranched alkanes of at least 4 members (excludes halogenated alkanes) is 2. The largest absolute Gasteiger partial charge is 0.350 e. The van der Waals surface area contributed by atoms with Crippen molar-refractivity contribution in [3.05, 3.63) is 23.8 Å². The first kappa shape index (κ1) is 16.9. The molecule has 22 heavy (non-hydrogen) atoms. The average molecular weight is 320 g/mol. The molecule has 5 heteroatoms. The van der Waals surface area contributed by atoms with Gasteiger partial charge in [0.25, 0.3) is 5.91 Å². The molecule has 0 fully saturated rings. The van der Waals surface area contributed by atoms with Gasteiger partial charge in [-0.25, -0.2) is 0 Å². The van der Waals surface area contributed by atoms with Crippen LogP contribution in [-0.2, 0) is 4.79 Å². The SMILES string of the molecule is CCCCC[C@H](C)NC(=O)c1ccc2c(c1)NC(=O)[C@@H](C)S2. The van der Waals surface area contributed by atoms with Crippen molar-refractivity contribution in [3.8, 4) is 0 Å². The number of rotatable bonds is 6. The van der Waals surface area contributed by atoms with Gasteiger partial charge in [0.1, 0.15) is 0 Å². The van der Waals surface area contributed by atoms with Crippen molar-refractivity contribution < 1.29 is 9.59 Å². The molecule has 0 saturated carbocycles. The van der Waals surface area contributed by atoms with Gasteiger partial charge in [-0.1, -0.05) is 26.2 Å². The van der Waals surface area contributed by atoms with Gasteiger partial charge in [0.15, 0.2) is 0 Å². The van der Waals surface area contributed by atoms with Crippen LogP contribution in [0.1, 0.15) is 56.8 Å². The molecule has 0 bridgehead atoms. The lowest BCUT2D eigenvalue weighted by Crippen LogP contribution is -2.33. The minimum atomic E-state index is -0.0919. The summed E-state index contributed by atoms with van der Waals surface area (Å²) in [5.74, 6) is -0.0901. The third-order valence-corrected chi connectivity index (χ3v) is 4.97. The lowest BCUT2D eigenvalue weighted by molar-refractivity contribution is -0.115. The van der Waals surface area contributed by atoms with Crippen LogP contribution in [0.5, 0.6) is 0 Å². The first-order valence-corrected chi connectivity index (χ1v) is 8.81. The minimum Gasteiger partial charge on any atom is -0.350 e. The zero-order chi connectivity index (χ0) is 16.1. The molecule has 2 rings (SSSR count). The van der Waals surface area contributed by atoms with E-state index in [0.29, 0.717) is 5.56 Å². The van der Waals surface area contributed by atoms with Crippen LogP contribution in [0.25, 0.3) is 0 Å². The van der Waals surface area contributed by atoms with Crippen molar-refractivity contribution in [2.45, 2.75) is 62.6 Å². The number of hydrogen-bond donors (Lipinski definition) is 2. The lowest BCUT2D eigenvalue weighted by Gasteiger charge is -2.22. The fraction of sp³-hybridized carbons (Fsp3) is 0.529. The highest BCUT2D eigenvalue weighted by Gasteiger charge is 2.23. The summed E-state index contributed by atoms with van der Waals surface area (Å²) in [4.78, 5) is 25.0. The van der Waals surface area contributed by atoms with E-state index in [1.54, 1.807) is 6.07 Å². The van der Waals surface area contributed by atoms with E-state index >= 15 is 0 Å². The van der Waals surface area contributed by atoms with Crippen LogP contribution in [0.15, 0.2) is 23.1 Å². The quantitative estimate of drug-likeness (QED) is 0.783. The Bertz CT molecular complexity index is 560. The maximum absolute atomic E-state index is 12.3. The van der Waals surface area contributed by atoms with Crippen molar-refractivity contribution in [2.24, 2.45) is 0 Å². The Labute approximate surface area is 136 Å². The number of anilines is 1.